The minimum atomic E-state index is -0.194. The molecule has 5 heteroatoms. The van der Waals surface area contributed by atoms with E-state index >= 15 is 0 Å². The highest BCUT2D eigenvalue weighted by Crippen LogP contribution is 2.16. The summed E-state index contributed by atoms with van der Waals surface area (Å²) in [5.74, 6) is -0.194. The maximum Gasteiger partial charge on any atom is 0.226 e. The summed E-state index contributed by atoms with van der Waals surface area (Å²) in [5, 5.41) is 18.9. The molecule has 78 valence electrons. The first-order valence-electron chi connectivity index (χ1n) is 4.63. The van der Waals surface area contributed by atoms with Crippen LogP contribution in [0.3, 0.4) is 0 Å². The molecule has 5 nitrogen and oxygen atoms in total. The Morgan fingerprint density at radius 3 is 3.20 bits per heavy atom. The van der Waals surface area contributed by atoms with Crippen molar-refractivity contribution >= 4 is 22.5 Å². The highest BCUT2D eigenvalue weighted by Gasteiger charge is 2.02. The second-order valence-electron chi connectivity index (χ2n) is 3.19. The molecule has 0 aliphatic rings. The number of H-pyrrole nitrogens is 1. The Balaban J connectivity index is 2.17. The predicted octanol–water partition coefficient (Wildman–Crippen LogP) is 0.884. The lowest BCUT2D eigenvalue weighted by Crippen LogP contribution is -2.12. The van der Waals surface area contributed by atoms with E-state index in [1.165, 1.54) is 0 Å². The molecule has 1 amide bonds. The molecule has 2 rings (SSSR count). The number of carbonyl (C=O) groups is 1. The van der Waals surface area contributed by atoms with Gasteiger partial charge in [0.25, 0.3) is 0 Å². The molecular weight excluding hydrogens is 194 g/mol. The highest BCUT2D eigenvalue weighted by molar-refractivity contribution is 5.93. The van der Waals surface area contributed by atoms with Crippen LogP contribution in [0.25, 0.3) is 10.9 Å². The smallest absolute Gasteiger partial charge is 0.226 e. The number of aliphatic hydroxyl groups excluding tert-OH is 1. The number of hydrogen-bond donors (Lipinski definition) is 3. The van der Waals surface area contributed by atoms with Crippen LogP contribution in [0, 0.1) is 0 Å². The molecular formula is C10H11N3O2. The molecule has 0 aliphatic carbocycles. The molecule has 0 spiro atoms. The zero-order chi connectivity index (χ0) is 10.7. The van der Waals surface area contributed by atoms with Crippen molar-refractivity contribution in [2.45, 2.75) is 6.42 Å². The van der Waals surface area contributed by atoms with E-state index in [9.17, 15) is 4.79 Å². The quantitative estimate of drug-likeness (QED) is 0.696. The van der Waals surface area contributed by atoms with Crippen LogP contribution in [-0.2, 0) is 4.79 Å². The Bertz CT molecular complexity index is 478. The van der Waals surface area contributed by atoms with Crippen molar-refractivity contribution in [2.24, 2.45) is 0 Å². The minimum absolute atomic E-state index is 0.115. The summed E-state index contributed by atoms with van der Waals surface area (Å²) in [7, 11) is 0. The van der Waals surface area contributed by atoms with Gasteiger partial charge >= 0.3 is 0 Å². The molecule has 0 fully saturated rings. The van der Waals surface area contributed by atoms with E-state index in [4.69, 9.17) is 5.11 Å². The first kappa shape index (κ1) is 9.67. The molecule has 0 saturated carbocycles. The van der Waals surface area contributed by atoms with Crippen molar-refractivity contribution in [3.05, 3.63) is 24.4 Å². The highest BCUT2D eigenvalue weighted by atomic mass is 16.3. The normalized spacial score (nSPS) is 10.5. The van der Waals surface area contributed by atoms with Gasteiger partial charge < -0.3 is 10.4 Å². The van der Waals surface area contributed by atoms with Crippen molar-refractivity contribution in [2.75, 3.05) is 11.9 Å². The molecule has 15 heavy (non-hydrogen) atoms. The van der Waals surface area contributed by atoms with Gasteiger partial charge in [0.1, 0.15) is 0 Å². The van der Waals surface area contributed by atoms with Gasteiger partial charge in [-0.2, -0.15) is 5.10 Å². The van der Waals surface area contributed by atoms with Crippen LogP contribution in [0.5, 0.6) is 0 Å². The standard InChI is InChI=1S/C10H11N3O2/c14-4-3-10(15)12-8-1-2-9-7(5-8)6-11-13-9/h1-2,5-6,14H,3-4H2,(H,11,13)(H,12,15). The van der Waals surface area contributed by atoms with Gasteiger partial charge in [0.15, 0.2) is 0 Å². The number of nitrogens with one attached hydrogen (secondary N) is 2. The van der Waals surface area contributed by atoms with Gasteiger partial charge in [-0.15, -0.1) is 0 Å². The van der Waals surface area contributed by atoms with E-state index in [1.54, 1.807) is 12.3 Å². The van der Waals surface area contributed by atoms with Crippen LogP contribution < -0.4 is 5.32 Å². The van der Waals surface area contributed by atoms with Crippen LogP contribution in [-0.4, -0.2) is 27.8 Å². The van der Waals surface area contributed by atoms with Gasteiger partial charge in [-0.1, -0.05) is 0 Å². The van der Waals surface area contributed by atoms with Crippen molar-refractivity contribution in [3.63, 3.8) is 0 Å². The maximum atomic E-state index is 11.2. The zero-order valence-electron chi connectivity index (χ0n) is 8.03. The molecule has 0 saturated heterocycles. The van der Waals surface area contributed by atoms with E-state index in [0.717, 1.165) is 10.9 Å². The molecule has 0 atom stereocenters. The molecule has 0 unspecified atom stereocenters. The maximum absolute atomic E-state index is 11.2. The first-order valence-corrected chi connectivity index (χ1v) is 4.63. The fraction of sp³-hybridized carbons (Fsp3) is 0.200. The van der Waals surface area contributed by atoms with Crippen LogP contribution >= 0.6 is 0 Å². The summed E-state index contributed by atoms with van der Waals surface area (Å²) >= 11 is 0. The number of anilines is 1. The Kier molecular flexibility index (Phi) is 2.64. The predicted molar refractivity (Wildman–Crippen MR) is 56.4 cm³/mol. The van der Waals surface area contributed by atoms with Crippen LogP contribution in [0.4, 0.5) is 5.69 Å². The zero-order valence-corrected chi connectivity index (χ0v) is 8.03. The average molecular weight is 205 g/mol. The summed E-state index contributed by atoms with van der Waals surface area (Å²) in [6.45, 7) is -0.139. The first-order chi connectivity index (χ1) is 7.29. The summed E-state index contributed by atoms with van der Waals surface area (Å²) in [4.78, 5) is 11.2. The number of fused-ring (bicyclic) bond motifs is 1. The number of carbonyl (C=O) groups excluding carboxylic acids is 1. The Hall–Kier alpha value is -1.88. The third-order valence-corrected chi connectivity index (χ3v) is 2.06. The van der Waals surface area contributed by atoms with Crippen molar-refractivity contribution in [1.29, 1.82) is 0 Å². The molecule has 1 heterocycles. The van der Waals surface area contributed by atoms with Gasteiger partial charge in [0.05, 0.1) is 24.7 Å². The lowest BCUT2D eigenvalue weighted by atomic mass is 10.2. The van der Waals surface area contributed by atoms with Gasteiger partial charge in [-0.25, -0.2) is 0 Å². The van der Waals surface area contributed by atoms with Crippen molar-refractivity contribution in [1.82, 2.24) is 10.2 Å². The molecule has 1 aromatic carbocycles. The summed E-state index contributed by atoms with van der Waals surface area (Å²) < 4.78 is 0. The monoisotopic (exact) mass is 205 g/mol. The van der Waals surface area contributed by atoms with Gasteiger partial charge in [-0.05, 0) is 18.2 Å². The Labute approximate surface area is 86.1 Å². The third-order valence-electron chi connectivity index (χ3n) is 2.06. The van der Waals surface area contributed by atoms with Crippen LogP contribution in [0.2, 0.25) is 0 Å². The second kappa shape index (κ2) is 4.10. The minimum Gasteiger partial charge on any atom is -0.396 e. The third kappa shape index (κ3) is 2.13. The number of aromatic amines is 1. The fourth-order valence-electron chi connectivity index (χ4n) is 1.35. The van der Waals surface area contributed by atoms with E-state index < -0.39 is 0 Å². The SMILES string of the molecule is O=C(CCO)Nc1ccc2[nH]ncc2c1. The average Bonchev–Trinajstić information content (AvgIpc) is 2.65. The number of aromatic nitrogens is 2. The van der Waals surface area contributed by atoms with Gasteiger partial charge in [-0.3, -0.25) is 9.89 Å². The number of benzene rings is 1. The molecule has 2 aromatic rings. The number of hydrogen-bond acceptors (Lipinski definition) is 3. The molecule has 0 bridgehead atoms. The number of rotatable bonds is 3. The molecule has 1 aromatic heterocycles. The van der Waals surface area contributed by atoms with E-state index in [0.29, 0.717) is 5.69 Å². The number of amides is 1. The largest absolute Gasteiger partial charge is 0.396 e. The van der Waals surface area contributed by atoms with E-state index in [1.807, 2.05) is 12.1 Å². The van der Waals surface area contributed by atoms with E-state index in [-0.39, 0.29) is 18.9 Å². The Morgan fingerprint density at radius 2 is 2.40 bits per heavy atom. The summed E-state index contributed by atoms with van der Waals surface area (Å²) in [5.41, 5.74) is 1.64. The fourth-order valence-corrected chi connectivity index (χ4v) is 1.35. The lowest BCUT2D eigenvalue weighted by Gasteiger charge is -2.03. The van der Waals surface area contributed by atoms with E-state index in [2.05, 4.69) is 15.5 Å². The molecule has 0 aliphatic heterocycles. The topological polar surface area (TPSA) is 78.0 Å². The van der Waals surface area contributed by atoms with Gasteiger partial charge in [0.2, 0.25) is 5.91 Å². The summed E-state index contributed by atoms with van der Waals surface area (Å²) in [6.07, 6.45) is 1.81. The lowest BCUT2D eigenvalue weighted by molar-refractivity contribution is -0.116. The number of aliphatic hydroxyl groups is 1. The van der Waals surface area contributed by atoms with Crippen molar-refractivity contribution in [3.8, 4) is 0 Å². The van der Waals surface area contributed by atoms with Crippen LogP contribution in [0.15, 0.2) is 24.4 Å². The number of nitrogens with zero attached hydrogens (tertiary/aromatic N) is 1. The molecule has 3 N–H and O–H groups in total. The van der Waals surface area contributed by atoms with Gasteiger partial charge in [0, 0.05) is 11.1 Å². The molecule has 0 radical (unpaired) electrons. The Morgan fingerprint density at radius 1 is 1.53 bits per heavy atom. The second-order valence-corrected chi connectivity index (χ2v) is 3.19. The van der Waals surface area contributed by atoms with Crippen molar-refractivity contribution < 1.29 is 9.90 Å². The summed E-state index contributed by atoms with van der Waals surface area (Å²) in [6, 6.07) is 5.46. The van der Waals surface area contributed by atoms with Crippen LogP contribution in [0.1, 0.15) is 6.42 Å².